The molecule has 0 aliphatic heterocycles. The molecule has 7 heteroatoms. The zero-order valence-corrected chi connectivity index (χ0v) is 13.9. The third-order valence-electron chi connectivity index (χ3n) is 3.85. The number of rotatable bonds is 7. The number of benzene rings is 2. The van der Waals surface area contributed by atoms with E-state index in [1.165, 1.54) is 0 Å². The number of hydrogen-bond donors (Lipinski definition) is 2. The number of ether oxygens (including phenoxy) is 1. The highest BCUT2D eigenvalue weighted by molar-refractivity contribution is 6.04. The van der Waals surface area contributed by atoms with Gasteiger partial charge >= 0.3 is 11.6 Å². The Labute approximate surface area is 148 Å². The van der Waals surface area contributed by atoms with Crippen LogP contribution in [-0.2, 0) is 9.59 Å². The van der Waals surface area contributed by atoms with Crippen LogP contribution in [0.2, 0.25) is 0 Å². The minimum atomic E-state index is -0.902. The number of amides is 1. The van der Waals surface area contributed by atoms with Gasteiger partial charge in [-0.1, -0.05) is 18.2 Å². The highest BCUT2D eigenvalue weighted by Gasteiger charge is 2.09. The molecule has 7 nitrogen and oxygen atoms in total. The SMILES string of the molecule is O=C(O)CCCNC(=O)COc1ccc2c(c1)oc(=O)c1ccccc12. The summed E-state index contributed by atoms with van der Waals surface area (Å²) in [5.41, 5.74) is -0.0468. The van der Waals surface area contributed by atoms with E-state index in [0.29, 0.717) is 23.1 Å². The average Bonchev–Trinajstić information content (AvgIpc) is 2.63. The zero-order chi connectivity index (χ0) is 18.5. The number of nitrogens with one attached hydrogen (secondary N) is 1. The molecule has 134 valence electrons. The predicted octanol–water partition coefficient (Wildman–Crippen LogP) is 2.31. The molecule has 1 heterocycles. The highest BCUT2D eigenvalue weighted by atomic mass is 16.5. The number of carbonyl (C=O) groups is 2. The van der Waals surface area contributed by atoms with Crippen molar-refractivity contribution in [3.63, 3.8) is 0 Å². The minimum Gasteiger partial charge on any atom is -0.484 e. The summed E-state index contributed by atoms with van der Waals surface area (Å²) < 4.78 is 10.7. The van der Waals surface area contributed by atoms with E-state index in [1.54, 1.807) is 30.3 Å². The molecular formula is C19H17NO6. The van der Waals surface area contributed by atoms with E-state index < -0.39 is 11.6 Å². The molecule has 0 aliphatic carbocycles. The van der Waals surface area contributed by atoms with Gasteiger partial charge < -0.3 is 19.6 Å². The zero-order valence-electron chi connectivity index (χ0n) is 13.9. The number of carbonyl (C=O) groups excluding carboxylic acids is 1. The van der Waals surface area contributed by atoms with Crippen LogP contribution in [0.25, 0.3) is 21.7 Å². The lowest BCUT2D eigenvalue weighted by atomic mass is 10.1. The molecule has 0 spiro atoms. The largest absolute Gasteiger partial charge is 0.484 e. The second-order valence-corrected chi connectivity index (χ2v) is 5.73. The van der Waals surface area contributed by atoms with E-state index in [9.17, 15) is 14.4 Å². The van der Waals surface area contributed by atoms with E-state index in [-0.39, 0.29) is 25.5 Å². The molecule has 26 heavy (non-hydrogen) atoms. The maximum Gasteiger partial charge on any atom is 0.344 e. The van der Waals surface area contributed by atoms with Crippen molar-refractivity contribution in [1.29, 1.82) is 0 Å². The lowest BCUT2D eigenvalue weighted by molar-refractivity contribution is -0.137. The summed E-state index contributed by atoms with van der Waals surface area (Å²) in [6.07, 6.45) is 0.355. The van der Waals surface area contributed by atoms with Gasteiger partial charge in [-0.15, -0.1) is 0 Å². The molecule has 2 aromatic carbocycles. The molecule has 3 aromatic rings. The number of carboxylic acids is 1. The van der Waals surface area contributed by atoms with Gasteiger partial charge in [-0.25, -0.2) is 4.79 Å². The van der Waals surface area contributed by atoms with Crippen LogP contribution >= 0.6 is 0 Å². The molecule has 1 aromatic heterocycles. The molecule has 0 saturated heterocycles. The molecule has 1 amide bonds. The van der Waals surface area contributed by atoms with Crippen molar-refractivity contribution in [2.75, 3.05) is 13.2 Å². The molecular weight excluding hydrogens is 338 g/mol. The minimum absolute atomic E-state index is 0.00119. The van der Waals surface area contributed by atoms with Gasteiger partial charge in [-0.05, 0) is 30.0 Å². The van der Waals surface area contributed by atoms with Crippen molar-refractivity contribution in [1.82, 2.24) is 5.32 Å². The smallest absolute Gasteiger partial charge is 0.344 e. The Morgan fingerprint density at radius 3 is 2.62 bits per heavy atom. The van der Waals surface area contributed by atoms with Crippen LogP contribution in [-0.4, -0.2) is 30.1 Å². The van der Waals surface area contributed by atoms with Crippen molar-refractivity contribution in [2.45, 2.75) is 12.8 Å². The van der Waals surface area contributed by atoms with E-state index in [1.807, 2.05) is 12.1 Å². The fourth-order valence-corrected chi connectivity index (χ4v) is 2.62. The number of carboxylic acid groups (broad SMARTS) is 1. The summed E-state index contributed by atoms with van der Waals surface area (Å²) >= 11 is 0. The first-order valence-electron chi connectivity index (χ1n) is 8.11. The van der Waals surface area contributed by atoms with Crippen LogP contribution in [0.5, 0.6) is 5.75 Å². The molecule has 0 unspecified atom stereocenters. The lowest BCUT2D eigenvalue weighted by Gasteiger charge is -2.08. The molecule has 0 saturated carbocycles. The van der Waals surface area contributed by atoms with Crippen molar-refractivity contribution in [3.05, 3.63) is 52.9 Å². The van der Waals surface area contributed by atoms with Crippen LogP contribution in [0.15, 0.2) is 51.7 Å². The Hall–Kier alpha value is -3.35. The van der Waals surface area contributed by atoms with Gasteiger partial charge in [0.1, 0.15) is 11.3 Å². The van der Waals surface area contributed by atoms with Gasteiger partial charge in [0.05, 0.1) is 5.39 Å². The van der Waals surface area contributed by atoms with Crippen LogP contribution in [0.3, 0.4) is 0 Å². The standard InChI is InChI=1S/C19H17NO6/c21-17(20-9-3-6-18(22)23)11-25-12-7-8-14-13-4-1-2-5-15(13)19(24)26-16(14)10-12/h1-2,4-5,7-8,10H,3,6,9,11H2,(H,20,21)(H,22,23). The number of hydrogen-bond acceptors (Lipinski definition) is 5. The molecule has 2 N–H and O–H groups in total. The fourth-order valence-electron chi connectivity index (χ4n) is 2.62. The fraction of sp³-hybridized carbons (Fsp3) is 0.211. The molecule has 0 fully saturated rings. The van der Waals surface area contributed by atoms with Gasteiger partial charge in [-0.3, -0.25) is 9.59 Å². The van der Waals surface area contributed by atoms with Gasteiger partial charge in [0.2, 0.25) is 0 Å². The maximum absolute atomic E-state index is 12.1. The summed E-state index contributed by atoms with van der Waals surface area (Å²) in [4.78, 5) is 34.1. The quantitative estimate of drug-likeness (QED) is 0.383. The molecule has 0 atom stereocenters. The Bertz CT molecular complexity index is 1020. The Kier molecular flexibility index (Phi) is 5.17. The van der Waals surface area contributed by atoms with Gasteiger partial charge in [0.25, 0.3) is 5.91 Å². The summed E-state index contributed by atoms with van der Waals surface area (Å²) in [5.74, 6) is -0.854. The van der Waals surface area contributed by atoms with Crippen molar-refractivity contribution >= 4 is 33.6 Å². The topological polar surface area (TPSA) is 106 Å². The third kappa shape index (κ3) is 4.00. The van der Waals surface area contributed by atoms with Gasteiger partial charge in [0.15, 0.2) is 6.61 Å². The van der Waals surface area contributed by atoms with E-state index in [4.69, 9.17) is 14.3 Å². The Balaban J connectivity index is 1.68. The van der Waals surface area contributed by atoms with Crippen molar-refractivity contribution < 1.29 is 23.8 Å². The number of fused-ring (bicyclic) bond motifs is 3. The maximum atomic E-state index is 12.1. The van der Waals surface area contributed by atoms with Crippen LogP contribution < -0.4 is 15.7 Å². The van der Waals surface area contributed by atoms with Gasteiger partial charge in [-0.2, -0.15) is 0 Å². The number of aliphatic carboxylic acids is 1. The second-order valence-electron chi connectivity index (χ2n) is 5.73. The lowest BCUT2D eigenvalue weighted by Crippen LogP contribution is -2.29. The second kappa shape index (κ2) is 7.69. The summed E-state index contributed by atoms with van der Waals surface area (Å²) in [5, 5.41) is 13.2. The first kappa shape index (κ1) is 17.5. The first-order chi connectivity index (χ1) is 12.5. The van der Waals surface area contributed by atoms with Crippen LogP contribution in [0.4, 0.5) is 0 Å². The summed E-state index contributed by atoms with van der Waals surface area (Å²) in [6, 6.07) is 12.2. The molecule has 0 radical (unpaired) electrons. The first-order valence-corrected chi connectivity index (χ1v) is 8.11. The Morgan fingerprint density at radius 2 is 1.85 bits per heavy atom. The van der Waals surface area contributed by atoms with E-state index >= 15 is 0 Å². The van der Waals surface area contributed by atoms with Gasteiger partial charge in [0, 0.05) is 24.4 Å². The normalized spacial score (nSPS) is 10.8. The van der Waals surface area contributed by atoms with E-state index in [0.717, 1.165) is 10.8 Å². The average molecular weight is 355 g/mol. The Morgan fingerprint density at radius 1 is 1.08 bits per heavy atom. The van der Waals surface area contributed by atoms with E-state index in [2.05, 4.69) is 5.32 Å². The highest BCUT2D eigenvalue weighted by Crippen LogP contribution is 2.26. The summed E-state index contributed by atoms with van der Waals surface area (Å²) in [6.45, 7) is 0.0590. The predicted molar refractivity (Wildman–Crippen MR) is 95.4 cm³/mol. The van der Waals surface area contributed by atoms with Crippen LogP contribution in [0, 0.1) is 0 Å². The monoisotopic (exact) mass is 355 g/mol. The summed E-state index contributed by atoms with van der Waals surface area (Å²) in [7, 11) is 0. The van der Waals surface area contributed by atoms with Crippen molar-refractivity contribution in [2.24, 2.45) is 0 Å². The van der Waals surface area contributed by atoms with Crippen LogP contribution in [0.1, 0.15) is 12.8 Å². The molecule has 3 rings (SSSR count). The van der Waals surface area contributed by atoms with Crippen molar-refractivity contribution in [3.8, 4) is 5.75 Å². The molecule has 0 aliphatic rings. The molecule has 0 bridgehead atoms. The third-order valence-corrected chi connectivity index (χ3v) is 3.85.